The third kappa shape index (κ3) is 11.2. The molecular weight excluding hydrogens is 399 g/mol. The molecule has 1 atom stereocenters. The first-order valence-electron chi connectivity index (χ1n) is 9.03. The molecule has 1 rings (SSSR count). The topological polar surface area (TPSA) is 39.7 Å². The molecule has 2 N–H and O–H groups in total. The van der Waals surface area contributed by atoms with E-state index in [1.54, 1.807) is 0 Å². The van der Waals surface area contributed by atoms with E-state index in [0.29, 0.717) is 11.5 Å². The first-order chi connectivity index (χ1) is 10.3. The minimum Gasteiger partial charge on any atom is -0.357 e. The normalized spacial score (nSPS) is 19.1. The van der Waals surface area contributed by atoms with Crippen molar-refractivity contribution < 1.29 is 0 Å². The molecule has 4 nitrogen and oxygen atoms in total. The molecule has 1 unspecified atom stereocenters. The number of likely N-dealkylation sites (tertiary alicyclic amines) is 1. The summed E-state index contributed by atoms with van der Waals surface area (Å²) in [5, 5.41) is 6.95. The fraction of sp³-hybridized carbons (Fsp3) is 0.944. The number of hydrogen-bond acceptors (Lipinski definition) is 2. The zero-order chi connectivity index (χ0) is 16.6. The molecule has 5 heteroatoms. The Hall–Kier alpha value is -0.0400. The van der Waals surface area contributed by atoms with Crippen LogP contribution in [0, 0.1) is 11.3 Å². The minimum atomic E-state index is 0. The van der Waals surface area contributed by atoms with Gasteiger partial charge >= 0.3 is 0 Å². The third-order valence-corrected chi connectivity index (χ3v) is 4.40. The number of piperidine rings is 1. The Kier molecular flexibility index (Phi) is 11.5. The SMILES string of the molecule is CCNC(=NCC1CCN(C)CC1)NC(C)CCC(C)(C)C.I. The fourth-order valence-electron chi connectivity index (χ4n) is 2.74. The lowest BCUT2D eigenvalue weighted by Gasteiger charge is -2.28. The number of halogens is 1. The lowest BCUT2D eigenvalue weighted by Crippen LogP contribution is -2.43. The molecular formula is C18H39IN4. The molecule has 0 spiro atoms. The van der Waals surface area contributed by atoms with Gasteiger partial charge in [0, 0.05) is 19.1 Å². The van der Waals surface area contributed by atoms with E-state index in [0.717, 1.165) is 25.0 Å². The van der Waals surface area contributed by atoms with Gasteiger partial charge < -0.3 is 15.5 Å². The molecule has 1 aliphatic rings. The van der Waals surface area contributed by atoms with Crippen LogP contribution in [0.25, 0.3) is 0 Å². The van der Waals surface area contributed by atoms with E-state index in [2.05, 4.69) is 57.2 Å². The van der Waals surface area contributed by atoms with E-state index in [9.17, 15) is 0 Å². The van der Waals surface area contributed by atoms with Crippen molar-refractivity contribution in [2.45, 2.75) is 66.3 Å². The molecule has 0 bridgehead atoms. The van der Waals surface area contributed by atoms with Crippen molar-refractivity contribution in [1.82, 2.24) is 15.5 Å². The van der Waals surface area contributed by atoms with Crippen LogP contribution in [0.15, 0.2) is 4.99 Å². The Morgan fingerprint density at radius 3 is 2.39 bits per heavy atom. The summed E-state index contributed by atoms with van der Waals surface area (Å²) in [5.41, 5.74) is 0.402. The highest BCUT2D eigenvalue weighted by Gasteiger charge is 2.17. The lowest BCUT2D eigenvalue weighted by molar-refractivity contribution is 0.223. The summed E-state index contributed by atoms with van der Waals surface area (Å²) in [5.74, 6) is 1.74. The molecule has 1 saturated heterocycles. The van der Waals surface area contributed by atoms with Crippen LogP contribution < -0.4 is 10.6 Å². The molecule has 138 valence electrons. The summed E-state index contributed by atoms with van der Waals surface area (Å²) in [4.78, 5) is 7.24. The average molecular weight is 438 g/mol. The fourth-order valence-corrected chi connectivity index (χ4v) is 2.74. The van der Waals surface area contributed by atoms with Gasteiger partial charge in [-0.15, -0.1) is 24.0 Å². The number of rotatable bonds is 6. The summed E-state index contributed by atoms with van der Waals surface area (Å²) < 4.78 is 0. The largest absolute Gasteiger partial charge is 0.357 e. The second-order valence-corrected chi connectivity index (χ2v) is 8.11. The molecule has 0 aromatic carbocycles. The van der Waals surface area contributed by atoms with Crippen LogP contribution in [-0.2, 0) is 0 Å². The number of guanidine groups is 1. The first kappa shape index (κ1) is 23.0. The Bertz CT molecular complexity index is 330. The molecule has 1 aliphatic heterocycles. The van der Waals surface area contributed by atoms with Crippen molar-refractivity contribution in [3.63, 3.8) is 0 Å². The van der Waals surface area contributed by atoms with Gasteiger partial charge in [0.05, 0.1) is 0 Å². The van der Waals surface area contributed by atoms with Crippen LogP contribution in [0.5, 0.6) is 0 Å². The molecule has 0 aromatic rings. The Morgan fingerprint density at radius 1 is 1.26 bits per heavy atom. The van der Waals surface area contributed by atoms with Gasteiger partial charge in [-0.25, -0.2) is 0 Å². The van der Waals surface area contributed by atoms with Crippen LogP contribution in [0.1, 0.15) is 60.3 Å². The predicted octanol–water partition coefficient (Wildman–Crippen LogP) is 3.72. The van der Waals surface area contributed by atoms with E-state index in [1.807, 2.05) is 0 Å². The van der Waals surface area contributed by atoms with Gasteiger partial charge in [-0.3, -0.25) is 4.99 Å². The molecule has 0 amide bonds. The maximum absolute atomic E-state index is 4.82. The molecule has 0 aromatic heterocycles. The summed E-state index contributed by atoms with van der Waals surface area (Å²) in [7, 11) is 2.21. The van der Waals surface area contributed by atoms with E-state index in [4.69, 9.17) is 4.99 Å². The van der Waals surface area contributed by atoms with Crippen LogP contribution in [0.2, 0.25) is 0 Å². The van der Waals surface area contributed by atoms with E-state index in [-0.39, 0.29) is 24.0 Å². The van der Waals surface area contributed by atoms with Gasteiger partial charge in [-0.05, 0) is 71.0 Å². The zero-order valence-electron chi connectivity index (χ0n) is 16.1. The van der Waals surface area contributed by atoms with Gasteiger partial charge in [0.2, 0.25) is 0 Å². The predicted molar refractivity (Wildman–Crippen MR) is 113 cm³/mol. The van der Waals surface area contributed by atoms with E-state index >= 15 is 0 Å². The van der Waals surface area contributed by atoms with Gasteiger partial charge in [0.15, 0.2) is 5.96 Å². The van der Waals surface area contributed by atoms with Gasteiger partial charge in [0.25, 0.3) is 0 Å². The van der Waals surface area contributed by atoms with E-state index in [1.165, 1.54) is 38.8 Å². The smallest absolute Gasteiger partial charge is 0.191 e. The average Bonchev–Trinajstić information content (AvgIpc) is 2.44. The summed E-state index contributed by atoms with van der Waals surface area (Å²) >= 11 is 0. The first-order valence-corrected chi connectivity index (χ1v) is 9.03. The monoisotopic (exact) mass is 438 g/mol. The molecule has 0 radical (unpaired) electrons. The minimum absolute atomic E-state index is 0. The Morgan fingerprint density at radius 2 is 1.87 bits per heavy atom. The maximum atomic E-state index is 4.82. The third-order valence-electron chi connectivity index (χ3n) is 4.40. The van der Waals surface area contributed by atoms with Crippen molar-refractivity contribution in [2.24, 2.45) is 16.3 Å². The molecule has 0 saturated carbocycles. The second kappa shape index (κ2) is 11.5. The van der Waals surface area contributed by atoms with Crippen molar-refractivity contribution >= 4 is 29.9 Å². The van der Waals surface area contributed by atoms with E-state index < -0.39 is 0 Å². The quantitative estimate of drug-likeness (QED) is 0.377. The van der Waals surface area contributed by atoms with Crippen molar-refractivity contribution in [2.75, 3.05) is 33.2 Å². The van der Waals surface area contributed by atoms with Crippen LogP contribution in [-0.4, -0.2) is 50.1 Å². The molecule has 1 fully saturated rings. The van der Waals surface area contributed by atoms with Crippen LogP contribution >= 0.6 is 24.0 Å². The van der Waals surface area contributed by atoms with Gasteiger partial charge in [-0.1, -0.05) is 20.8 Å². The maximum Gasteiger partial charge on any atom is 0.191 e. The Balaban J connectivity index is 0.00000484. The van der Waals surface area contributed by atoms with Gasteiger partial charge in [-0.2, -0.15) is 0 Å². The molecule has 1 heterocycles. The van der Waals surface area contributed by atoms with Crippen LogP contribution in [0.3, 0.4) is 0 Å². The summed E-state index contributed by atoms with van der Waals surface area (Å²) in [6, 6.07) is 0.467. The van der Waals surface area contributed by atoms with Crippen molar-refractivity contribution in [1.29, 1.82) is 0 Å². The number of nitrogens with one attached hydrogen (secondary N) is 2. The lowest BCUT2D eigenvalue weighted by atomic mass is 9.89. The number of nitrogens with zero attached hydrogens (tertiary/aromatic N) is 2. The van der Waals surface area contributed by atoms with Crippen molar-refractivity contribution in [3.8, 4) is 0 Å². The zero-order valence-corrected chi connectivity index (χ0v) is 18.4. The number of aliphatic imine (C=N–C) groups is 1. The summed E-state index contributed by atoms with van der Waals surface area (Å²) in [6.07, 6.45) is 4.97. The molecule has 23 heavy (non-hydrogen) atoms. The highest BCUT2D eigenvalue weighted by Crippen LogP contribution is 2.21. The van der Waals surface area contributed by atoms with Crippen molar-refractivity contribution in [3.05, 3.63) is 0 Å². The van der Waals surface area contributed by atoms with Crippen LogP contribution in [0.4, 0.5) is 0 Å². The highest BCUT2D eigenvalue weighted by atomic mass is 127. The molecule has 0 aliphatic carbocycles. The highest BCUT2D eigenvalue weighted by molar-refractivity contribution is 14.0. The second-order valence-electron chi connectivity index (χ2n) is 8.11. The number of hydrogen-bond donors (Lipinski definition) is 2. The van der Waals surface area contributed by atoms with Gasteiger partial charge in [0.1, 0.15) is 0 Å². The standard InChI is InChI=1S/C18H38N4.HI/c1-7-19-17(21-15(2)8-11-18(3,4)5)20-14-16-9-12-22(6)13-10-16;/h15-16H,7-14H2,1-6H3,(H2,19,20,21);1H. The Labute approximate surface area is 161 Å². The summed E-state index contributed by atoms with van der Waals surface area (Å²) in [6.45, 7) is 15.6.